The van der Waals surface area contributed by atoms with E-state index >= 15 is 0 Å². The average Bonchev–Trinajstić information content (AvgIpc) is 3.20. The van der Waals surface area contributed by atoms with E-state index in [-0.39, 0.29) is 23.6 Å². The first-order valence-corrected chi connectivity index (χ1v) is 6.48. The van der Waals surface area contributed by atoms with Crippen LogP contribution < -0.4 is 5.56 Å². The van der Waals surface area contributed by atoms with Crippen LogP contribution in [0.5, 0.6) is 0 Å². The summed E-state index contributed by atoms with van der Waals surface area (Å²) in [5.74, 6) is -0.0507. The molecule has 1 heterocycles. The van der Waals surface area contributed by atoms with Crippen LogP contribution in [0.1, 0.15) is 31.0 Å². The Kier molecular flexibility index (Phi) is 3.70. The molecular formula is C14H17N3O2. The molecule has 1 aliphatic rings. The van der Waals surface area contributed by atoms with Gasteiger partial charge >= 0.3 is 0 Å². The Hall–Kier alpha value is -2.09. The second-order valence-electron chi connectivity index (χ2n) is 4.80. The third-order valence-electron chi connectivity index (χ3n) is 3.46. The Morgan fingerprint density at radius 1 is 1.53 bits per heavy atom. The van der Waals surface area contributed by atoms with Gasteiger partial charge in [0.15, 0.2) is 0 Å². The molecule has 0 bridgehead atoms. The highest BCUT2D eigenvalue weighted by molar-refractivity contribution is 5.76. The highest BCUT2D eigenvalue weighted by Crippen LogP contribution is 2.26. The maximum absolute atomic E-state index is 12.2. The van der Waals surface area contributed by atoms with Gasteiger partial charge in [-0.3, -0.25) is 9.59 Å². The third-order valence-corrected chi connectivity index (χ3v) is 3.46. The molecule has 0 aliphatic heterocycles. The summed E-state index contributed by atoms with van der Waals surface area (Å²) in [7, 11) is 0. The normalized spacial score (nSPS) is 13.9. The molecule has 0 saturated heterocycles. The number of aryl methyl sites for hydroxylation is 1. The van der Waals surface area contributed by atoms with Gasteiger partial charge in [0.05, 0.1) is 0 Å². The zero-order chi connectivity index (χ0) is 14.0. The second-order valence-corrected chi connectivity index (χ2v) is 4.80. The van der Waals surface area contributed by atoms with Gasteiger partial charge in [0.25, 0.3) is 5.56 Å². The van der Waals surface area contributed by atoms with Crippen molar-refractivity contribution < 1.29 is 4.79 Å². The minimum absolute atomic E-state index is 0.0184. The summed E-state index contributed by atoms with van der Waals surface area (Å²) in [4.78, 5) is 26.0. The van der Waals surface area contributed by atoms with Gasteiger partial charge in [-0.05, 0) is 38.8 Å². The highest BCUT2D eigenvalue weighted by atomic mass is 16.2. The van der Waals surface area contributed by atoms with Gasteiger partial charge in [-0.25, -0.2) is 0 Å². The number of nitrogens with zero attached hydrogens (tertiary/aromatic N) is 3. The molecule has 1 aromatic heterocycles. The minimum Gasteiger partial charge on any atom is -0.338 e. The van der Waals surface area contributed by atoms with Crippen LogP contribution in [0.25, 0.3) is 0 Å². The standard InChI is InChI=1S/C14H17N3O2/c1-3-16(12-6-7-12)13(18)9-17-10(2)4-5-11(8-15)14(17)19/h4-5,12H,3,6-7,9H2,1-2H3. The molecule has 0 aromatic carbocycles. The lowest BCUT2D eigenvalue weighted by Crippen LogP contribution is -2.38. The zero-order valence-electron chi connectivity index (χ0n) is 11.2. The van der Waals surface area contributed by atoms with Gasteiger partial charge in [0, 0.05) is 18.3 Å². The first-order valence-electron chi connectivity index (χ1n) is 6.48. The van der Waals surface area contributed by atoms with Gasteiger partial charge in [-0.2, -0.15) is 5.26 Å². The van der Waals surface area contributed by atoms with Crippen molar-refractivity contribution in [3.63, 3.8) is 0 Å². The summed E-state index contributed by atoms with van der Waals surface area (Å²) in [6.07, 6.45) is 2.09. The summed E-state index contributed by atoms with van der Waals surface area (Å²) in [5, 5.41) is 8.86. The topological polar surface area (TPSA) is 66.1 Å². The number of carbonyl (C=O) groups is 1. The fraction of sp³-hybridized carbons (Fsp3) is 0.500. The van der Waals surface area contributed by atoms with Crippen molar-refractivity contribution >= 4 is 5.91 Å². The molecule has 100 valence electrons. The molecule has 0 atom stereocenters. The molecule has 0 spiro atoms. The number of amides is 1. The first-order chi connectivity index (χ1) is 9.08. The number of likely N-dealkylation sites (N-methyl/N-ethyl adjacent to an activating group) is 1. The first kappa shape index (κ1) is 13.3. The molecule has 0 radical (unpaired) electrons. The van der Waals surface area contributed by atoms with Crippen molar-refractivity contribution in [1.29, 1.82) is 5.26 Å². The molecule has 0 unspecified atom stereocenters. The van der Waals surface area contributed by atoms with Crippen molar-refractivity contribution in [3.8, 4) is 6.07 Å². The summed E-state index contributed by atoms with van der Waals surface area (Å²) < 4.78 is 1.38. The van der Waals surface area contributed by atoms with Crippen LogP contribution in [0.2, 0.25) is 0 Å². The van der Waals surface area contributed by atoms with Gasteiger partial charge in [-0.1, -0.05) is 0 Å². The van der Waals surface area contributed by atoms with Crippen molar-refractivity contribution in [3.05, 3.63) is 33.7 Å². The van der Waals surface area contributed by atoms with E-state index in [0.717, 1.165) is 12.8 Å². The van der Waals surface area contributed by atoms with E-state index in [0.29, 0.717) is 18.3 Å². The minimum atomic E-state index is -0.386. The summed E-state index contributed by atoms with van der Waals surface area (Å²) in [6, 6.07) is 5.39. The van der Waals surface area contributed by atoms with Gasteiger partial charge in [0.2, 0.25) is 5.91 Å². The zero-order valence-corrected chi connectivity index (χ0v) is 11.2. The van der Waals surface area contributed by atoms with Crippen LogP contribution in [0, 0.1) is 18.3 Å². The quantitative estimate of drug-likeness (QED) is 0.811. The van der Waals surface area contributed by atoms with E-state index < -0.39 is 0 Å². The lowest BCUT2D eigenvalue weighted by Gasteiger charge is -2.21. The fourth-order valence-electron chi connectivity index (χ4n) is 2.20. The molecule has 1 saturated carbocycles. The smallest absolute Gasteiger partial charge is 0.269 e. The molecular weight excluding hydrogens is 242 g/mol. The fourth-order valence-corrected chi connectivity index (χ4v) is 2.20. The number of hydrogen-bond donors (Lipinski definition) is 0. The Labute approximate surface area is 112 Å². The molecule has 5 heteroatoms. The largest absolute Gasteiger partial charge is 0.338 e. The van der Waals surface area contributed by atoms with Crippen molar-refractivity contribution in [1.82, 2.24) is 9.47 Å². The maximum Gasteiger partial charge on any atom is 0.269 e. The lowest BCUT2D eigenvalue weighted by atomic mass is 10.2. The molecule has 1 amide bonds. The molecule has 0 N–H and O–H groups in total. The molecule has 1 fully saturated rings. The van der Waals surface area contributed by atoms with E-state index in [1.165, 1.54) is 10.6 Å². The Morgan fingerprint density at radius 3 is 2.74 bits per heavy atom. The summed E-state index contributed by atoms with van der Waals surface area (Å²) in [6.45, 7) is 4.39. The lowest BCUT2D eigenvalue weighted by molar-refractivity contribution is -0.132. The van der Waals surface area contributed by atoms with Crippen molar-refractivity contribution in [2.24, 2.45) is 0 Å². The number of carbonyl (C=O) groups excluding carboxylic acids is 1. The molecule has 1 aliphatic carbocycles. The second kappa shape index (κ2) is 5.27. The molecule has 19 heavy (non-hydrogen) atoms. The van der Waals surface area contributed by atoms with E-state index in [9.17, 15) is 9.59 Å². The average molecular weight is 259 g/mol. The van der Waals surface area contributed by atoms with E-state index in [1.807, 2.05) is 17.9 Å². The molecule has 1 aromatic rings. The number of hydrogen-bond acceptors (Lipinski definition) is 3. The third kappa shape index (κ3) is 2.68. The Bertz CT molecular complexity index is 594. The van der Waals surface area contributed by atoms with Crippen LogP contribution in [-0.2, 0) is 11.3 Å². The van der Waals surface area contributed by atoms with Gasteiger partial charge in [0.1, 0.15) is 18.2 Å². The van der Waals surface area contributed by atoms with E-state index in [4.69, 9.17) is 5.26 Å². The Morgan fingerprint density at radius 2 is 2.21 bits per heavy atom. The van der Waals surface area contributed by atoms with Crippen molar-refractivity contribution in [2.75, 3.05) is 6.54 Å². The summed E-state index contributed by atoms with van der Waals surface area (Å²) in [5.41, 5.74) is 0.389. The number of aromatic nitrogens is 1. The number of nitriles is 1. The monoisotopic (exact) mass is 259 g/mol. The van der Waals surface area contributed by atoms with Gasteiger partial charge < -0.3 is 9.47 Å². The maximum atomic E-state index is 12.2. The summed E-state index contributed by atoms with van der Waals surface area (Å²) >= 11 is 0. The molecule has 2 rings (SSSR count). The predicted octanol–water partition coefficient (Wildman–Crippen LogP) is 1.04. The Balaban J connectivity index is 2.26. The van der Waals surface area contributed by atoms with Crippen LogP contribution in [-0.4, -0.2) is 28.0 Å². The van der Waals surface area contributed by atoms with E-state index in [2.05, 4.69) is 0 Å². The van der Waals surface area contributed by atoms with Crippen LogP contribution in [0.4, 0.5) is 0 Å². The van der Waals surface area contributed by atoms with Crippen molar-refractivity contribution in [2.45, 2.75) is 39.3 Å². The van der Waals surface area contributed by atoms with Gasteiger partial charge in [-0.15, -0.1) is 0 Å². The number of rotatable bonds is 4. The predicted molar refractivity (Wildman–Crippen MR) is 70.6 cm³/mol. The van der Waals surface area contributed by atoms with Crippen LogP contribution in [0.3, 0.4) is 0 Å². The van der Waals surface area contributed by atoms with E-state index in [1.54, 1.807) is 13.0 Å². The highest BCUT2D eigenvalue weighted by Gasteiger charge is 2.31. The molecule has 5 nitrogen and oxygen atoms in total. The number of pyridine rings is 1. The SMILES string of the molecule is CCN(C(=O)Cn1c(C)ccc(C#N)c1=O)C1CC1. The van der Waals surface area contributed by atoms with Crippen LogP contribution in [0.15, 0.2) is 16.9 Å². The van der Waals surface area contributed by atoms with Crippen LogP contribution >= 0.6 is 0 Å².